The van der Waals surface area contributed by atoms with Gasteiger partial charge in [-0.05, 0) is 65.4 Å². The summed E-state index contributed by atoms with van der Waals surface area (Å²) in [6, 6.07) is 23.3. The van der Waals surface area contributed by atoms with Crippen LogP contribution in [0.15, 0.2) is 101 Å². The van der Waals surface area contributed by atoms with Crippen molar-refractivity contribution in [1.29, 1.82) is 0 Å². The summed E-state index contributed by atoms with van der Waals surface area (Å²) in [5, 5.41) is 33.7. The fourth-order valence-corrected chi connectivity index (χ4v) is 4.38. The molecule has 198 valence electrons. The molecule has 0 aliphatic heterocycles. The van der Waals surface area contributed by atoms with Gasteiger partial charge in [-0.3, -0.25) is 19.7 Å². The number of rotatable bonds is 9. The first kappa shape index (κ1) is 26.3. The molecule has 40 heavy (non-hydrogen) atoms. The van der Waals surface area contributed by atoms with Crippen LogP contribution in [-0.2, 0) is 4.79 Å². The van der Waals surface area contributed by atoms with E-state index in [1.54, 1.807) is 42.5 Å². The van der Waals surface area contributed by atoms with Crippen molar-refractivity contribution < 1.29 is 24.0 Å². The van der Waals surface area contributed by atoms with Gasteiger partial charge in [-0.1, -0.05) is 42.1 Å². The number of thioether (sulfide) groups is 1. The third-order valence-corrected chi connectivity index (χ3v) is 6.62. The van der Waals surface area contributed by atoms with E-state index in [0.717, 1.165) is 22.5 Å². The van der Waals surface area contributed by atoms with Gasteiger partial charge in [-0.25, -0.2) is 0 Å². The molecule has 0 bridgehead atoms. The highest BCUT2D eigenvalue weighted by Gasteiger charge is 2.14. The van der Waals surface area contributed by atoms with Crippen molar-refractivity contribution in [2.45, 2.75) is 5.22 Å². The first-order chi connectivity index (χ1) is 19.4. The minimum Gasteiger partial charge on any atom is -0.507 e. The van der Waals surface area contributed by atoms with Crippen molar-refractivity contribution in [1.82, 2.24) is 10.2 Å². The maximum Gasteiger partial charge on any atom is 0.277 e. The van der Waals surface area contributed by atoms with E-state index in [4.69, 9.17) is 4.42 Å². The highest BCUT2D eigenvalue weighted by molar-refractivity contribution is 7.99. The molecule has 0 atom stereocenters. The average Bonchev–Trinajstić information content (AvgIpc) is 3.44. The fraction of sp³-hybridized carbons (Fsp3) is 0.0345. The molecule has 0 saturated carbocycles. The highest BCUT2D eigenvalue weighted by Crippen LogP contribution is 2.27. The summed E-state index contributed by atoms with van der Waals surface area (Å²) < 4.78 is 5.51. The largest absolute Gasteiger partial charge is 0.507 e. The smallest absolute Gasteiger partial charge is 0.277 e. The van der Waals surface area contributed by atoms with Crippen LogP contribution in [0.25, 0.3) is 28.3 Å². The van der Waals surface area contributed by atoms with Gasteiger partial charge in [0.25, 0.3) is 10.9 Å². The van der Waals surface area contributed by atoms with Crippen molar-refractivity contribution in [3.63, 3.8) is 0 Å². The monoisotopic (exact) mass is 552 g/mol. The molecule has 0 unspecified atom stereocenters. The van der Waals surface area contributed by atoms with Crippen molar-refractivity contribution in [3.05, 3.63) is 112 Å². The van der Waals surface area contributed by atoms with E-state index in [9.17, 15) is 24.8 Å². The van der Waals surface area contributed by atoms with E-state index in [1.807, 2.05) is 30.3 Å². The van der Waals surface area contributed by atoms with Crippen LogP contribution in [0.3, 0.4) is 0 Å². The number of fused-ring (bicyclic) bond motifs is 1. The fourth-order valence-electron chi connectivity index (χ4n) is 3.82. The predicted molar refractivity (Wildman–Crippen MR) is 151 cm³/mol. The molecular weight excluding hydrogens is 532 g/mol. The van der Waals surface area contributed by atoms with Crippen LogP contribution in [0.1, 0.15) is 15.9 Å². The molecule has 2 N–H and O–H groups in total. The number of anilines is 1. The third-order valence-electron chi connectivity index (χ3n) is 5.80. The van der Waals surface area contributed by atoms with Gasteiger partial charge in [0.15, 0.2) is 5.78 Å². The molecular formula is C29H20N4O6S. The van der Waals surface area contributed by atoms with Gasteiger partial charge in [0, 0.05) is 34.5 Å². The van der Waals surface area contributed by atoms with Crippen molar-refractivity contribution in [2.24, 2.45) is 0 Å². The minimum atomic E-state index is -0.517. The molecule has 11 heteroatoms. The molecule has 1 aromatic heterocycles. The molecule has 5 rings (SSSR count). The van der Waals surface area contributed by atoms with E-state index in [1.165, 1.54) is 24.3 Å². The van der Waals surface area contributed by atoms with Crippen LogP contribution in [0.5, 0.6) is 5.75 Å². The highest BCUT2D eigenvalue weighted by atomic mass is 32.2. The van der Waals surface area contributed by atoms with Gasteiger partial charge in [0.1, 0.15) is 5.75 Å². The Morgan fingerprint density at radius 2 is 1.73 bits per heavy atom. The number of hydrogen-bond donors (Lipinski definition) is 2. The van der Waals surface area contributed by atoms with Gasteiger partial charge in [0.05, 0.1) is 10.7 Å². The maximum atomic E-state index is 12.6. The molecule has 1 amide bonds. The first-order valence-electron chi connectivity index (χ1n) is 11.9. The summed E-state index contributed by atoms with van der Waals surface area (Å²) in [6.07, 6.45) is 2.96. The van der Waals surface area contributed by atoms with Crippen molar-refractivity contribution in [3.8, 4) is 17.2 Å². The molecule has 4 aromatic carbocycles. The number of phenolic OH excluding ortho intramolecular Hbond substituents is 1. The van der Waals surface area contributed by atoms with E-state index >= 15 is 0 Å². The van der Waals surface area contributed by atoms with Gasteiger partial charge >= 0.3 is 0 Å². The topological polar surface area (TPSA) is 148 Å². The van der Waals surface area contributed by atoms with Crippen LogP contribution in [0, 0.1) is 10.1 Å². The van der Waals surface area contributed by atoms with E-state index in [-0.39, 0.29) is 40.0 Å². The molecule has 5 aromatic rings. The molecule has 0 spiro atoms. The zero-order valence-electron chi connectivity index (χ0n) is 20.7. The first-order valence-corrected chi connectivity index (χ1v) is 12.9. The Kier molecular flexibility index (Phi) is 7.65. The number of allylic oxidation sites excluding steroid dienone is 1. The standard InChI is InChI=1S/C29H20N4O6S/c34-25(13-10-21-14-19-4-1-2-5-20(19)16-26(21)35)18-8-11-23(12-9-18)30-27(36)17-40-29-32-31-28(39-29)22-6-3-7-24(15-22)33(37)38/h1-16,35H,17H2,(H,30,36)/b13-10-. The number of hydrogen-bond acceptors (Lipinski definition) is 9. The Morgan fingerprint density at radius 3 is 2.48 bits per heavy atom. The molecule has 0 radical (unpaired) electrons. The molecule has 0 saturated heterocycles. The molecule has 1 heterocycles. The lowest BCUT2D eigenvalue weighted by atomic mass is 10.0. The van der Waals surface area contributed by atoms with E-state index < -0.39 is 4.92 Å². The number of nitrogens with one attached hydrogen (secondary N) is 1. The summed E-state index contributed by atoms with van der Waals surface area (Å²) in [7, 11) is 0. The van der Waals surface area contributed by atoms with E-state index in [2.05, 4.69) is 15.5 Å². The quantitative estimate of drug-likeness (QED) is 0.0724. The Bertz CT molecular complexity index is 1760. The number of ketones is 1. The summed E-state index contributed by atoms with van der Waals surface area (Å²) in [4.78, 5) is 35.5. The number of carbonyl (C=O) groups excluding carboxylic acids is 2. The summed E-state index contributed by atoms with van der Waals surface area (Å²) in [5.41, 5.74) is 1.75. The number of nitro benzene ring substituents is 1. The predicted octanol–water partition coefficient (Wildman–Crippen LogP) is 6.13. The second-order valence-corrected chi connectivity index (χ2v) is 9.48. The molecule has 0 aliphatic carbocycles. The SMILES string of the molecule is O=C(CSc1nnc(-c2cccc([N+](=O)[O-])c2)o1)Nc1ccc(C(=O)/C=C\c2cc3ccccc3cc2O)cc1. The Balaban J connectivity index is 1.15. The van der Waals surface area contributed by atoms with Crippen LogP contribution in [0.2, 0.25) is 0 Å². The number of carbonyl (C=O) groups is 2. The number of benzene rings is 4. The second-order valence-electron chi connectivity index (χ2n) is 8.55. The van der Waals surface area contributed by atoms with Gasteiger partial charge < -0.3 is 14.8 Å². The van der Waals surface area contributed by atoms with Crippen LogP contribution in [-0.4, -0.2) is 37.7 Å². The number of phenols is 1. The maximum absolute atomic E-state index is 12.6. The zero-order chi connectivity index (χ0) is 28.1. The number of nitrogens with zero attached hydrogens (tertiary/aromatic N) is 3. The lowest BCUT2D eigenvalue weighted by Crippen LogP contribution is -2.14. The summed E-state index contributed by atoms with van der Waals surface area (Å²) in [5.74, 6) is -0.408. The van der Waals surface area contributed by atoms with E-state index in [0.29, 0.717) is 22.4 Å². The Labute approximate surface area is 231 Å². The Morgan fingerprint density at radius 1 is 0.975 bits per heavy atom. The average molecular weight is 553 g/mol. The Hall–Kier alpha value is -5.29. The van der Waals surface area contributed by atoms with Gasteiger partial charge in [-0.2, -0.15) is 0 Å². The molecule has 10 nitrogen and oxygen atoms in total. The van der Waals surface area contributed by atoms with Crippen molar-refractivity contribution in [2.75, 3.05) is 11.1 Å². The van der Waals surface area contributed by atoms with Gasteiger partial charge in [-0.15, -0.1) is 10.2 Å². The summed E-state index contributed by atoms with van der Waals surface area (Å²) in [6.45, 7) is 0. The zero-order valence-corrected chi connectivity index (χ0v) is 21.5. The van der Waals surface area contributed by atoms with Crippen LogP contribution >= 0.6 is 11.8 Å². The van der Waals surface area contributed by atoms with Crippen molar-refractivity contribution >= 4 is 51.7 Å². The third kappa shape index (κ3) is 6.22. The minimum absolute atomic E-state index is 0.0186. The lowest BCUT2D eigenvalue weighted by molar-refractivity contribution is -0.384. The van der Waals surface area contributed by atoms with Crippen LogP contribution in [0.4, 0.5) is 11.4 Å². The number of aromatic hydroxyl groups is 1. The lowest BCUT2D eigenvalue weighted by Gasteiger charge is -2.05. The molecule has 0 fully saturated rings. The van der Waals surface area contributed by atoms with Crippen LogP contribution < -0.4 is 5.32 Å². The summed E-state index contributed by atoms with van der Waals surface area (Å²) >= 11 is 1.02. The number of non-ortho nitro benzene ring substituents is 1. The van der Waals surface area contributed by atoms with Gasteiger partial charge in [0.2, 0.25) is 11.8 Å². The number of nitro groups is 1. The second kappa shape index (κ2) is 11.6. The number of aromatic nitrogens is 2. The normalized spacial score (nSPS) is 11.1. The molecule has 0 aliphatic rings. The number of amides is 1.